The molecule has 15 heavy (non-hydrogen) atoms. The van der Waals surface area contributed by atoms with E-state index in [-0.39, 0.29) is 17.1 Å². The standard InChI is InChI=1S/C9H17N3O2S/c10-9(11)5-6-12(7-1-2-7)15(13,14)8-3-4-8/h7-8H,1-6H2,(H3,10,11). The highest BCUT2D eigenvalue weighted by atomic mass is 32.2. The highest BCUT2D eigenvalue weighted by Gasteiger charge is 2.45. The molecule has 0 aromatic carbocycles. The van der Waals surface area contributed by atoms with E-state index in [2.05, 4.69) is 0 Å². The zero-order valence-electron chi connectivity index (χ0n) is 8.65. The summed E-state index contributed by atoms with van der Waals surface area (Å²) in [5.41, 5.74) is 5.26. The van der Waals surface area contributed by atoms with Crippen molar-refractivity contribution in [2.45, 2.75) is 43.4 Å². The average Bonchev–Trinajstić information content (AvgIpc) is 2.99. The fourth-order valence-corrected chi connectivity index (χ4v) is 3.76. The number of hydrogen-bond acceptors (Lipinski definition) is 3. The van der Waals surface area contributed by atoms with Crippen LogP contribution in [0.2, 0.25) is 0 Å². The van der Waals surface area contributed by atoms with Crippen molar-refractivity contribution in [2.24, 2.45) is 5.73 Å². The predicted octanol–water partition coefficient (Wildman–Crippen LogP) is 0.269. The molecule has 3 N–H and O–H groups in total. The molecule has 0 bridgehead atoms. The quantitative estimate of drug-likeness (QED) is 0.508. The molecule has 0 heterocycles. The number of sulfonamides is 1. The topological polar surface area (TPSA) is 87.2 Å². The average molecular weight is 231 g/mol. The number of hydrogen-bond donors (Lipinski definition) is 2. The van der Waals surface area contributed by atoms with Crippen molar-refractivity contribution in [3.8, 4) is 0 Å². The van der Waals surface area contributed by atoms with Gasteiger partial charge in [0.1, 0.15) is 0 Å². The molecule has 0 unspecified atom stereocenters. The van der Waals surface area contributed by atoms with Crippen LogP contribution in [0, 0.1) is 5.41 Å². The van der Waals surface area contributed by atoms with E-state index in [9.17, 15) is 8.42 Å². The number of nitrogens with one attached hydrogen (secondary N) is 1. The van der Waals surface area contributed by atoms with Crippen molar-refractivity contribution in [1.82, 2.24) is 4.31 Å². The summed E-state index contributed by atoms with van der Waals surface area (Å²) < 4.78 is 25.6. The van der Waals surface area contributed by atoms with Gasteiger partial charge in [0.15, 0.2) is 0 Å². The van der Waals surface area contributed by atoms with Gasteiger partial charge in [0.25, 0.3) is 0 Å². The Bertz CT molecular complexity index is 358. The van der Waals surface area contributed by atoms with E-state index in [1.165, 1.54) is 0 Å². The fourth-order valence-electron chi connectivity index (χ4n) is 1.67. The second-order valence-electron chi connectivity index (χ2n) is 4.36. The van der Waals surface area contributed by atoms with Gasteiger partial charge >= 0.3 is 0 Å². The molecule has 0 aromatic heterocycles. The first-order chi connectivity index (χ1) is 7.01. The van der Waals surface area contributed by atoms with Crippen LogP contribution < -0.4 is 5.73 Å². The molecule has 0 amide bonds. The predicted molar refractivity (Wildman–Crippen MR) is 58.2 cm³/mol. The smallest absolute Gasteiger partial charge is 0.217 e. The normalized spacial score (nSPS) is 21.9. The van der Waals surface area contributed by atoms with Crippen molar-refractivity contribution in [3.63, 3.8) is 0 Å². The maximum Gasteiger partial charge on any atom is 0.217 e. The Morgan fingerprint density at radius 2 is 1.93 bits per heavy atom. The van der Waals surface area contributed by atoms with E-state index in [1.54, 1.807) is 4.31 Å². The van der Waals surface area contributed by atoms with Crippen LogP contribution in [0.3, 0.4) is 0 Å². The minimum Gasteiger partial charge on any atom is -0.388 e. The zero-order chi connectivity index (χ0) is 11.1. The molecule has 2 saturated carbocycles. The first kappa shape index (κ1) is 10.9. The van der Waals surface area contributed by atoms with Gasteiger partial charge in [-0.05, 0) is 25.7 Å². The molecule has 2 aliphatic carbocycles. The molecule has 86 valence electrons. The van der Waals surface area contributed by atoms with Gasteiger partial charge in [-0.1, -0.05) is 0 Å². The molecule has 6 heteroatoms. The third-order valence-corrected chi connectivity index (χ3v) is 5.28. The van der Waals surface area contributed by atoms with Gasteiger partial charge in [0.05, 0.1) is 11.1 Å². The minimum atomic E-state index is -3.08. The Labute approximate surface area is 90.2 Å². The van der Waals surface area contributed by atoms with Gasteiger partial charge in [-0.25, -0.2) is 8.42 Å². The second kappa shape index (κ2) is 3.75. The Kier molecular flexibility index (Phi) is 2.72. The third kappa shape index (κ3) is 2.49. The van der Waals surface area contributed by atoms with E-state index < -0.39 is 10.0 Å². The van der Waals surface area contributed by atoms with Crippen LogP contribution in [-0.2, 0) is 10.0 Å². The summed E-state index contributed by atoms with van der Waals surface area (Å²) in [6.07, 6.45) is 3.87. The summed E-state index contributed by atoms with van der Waals surface area (Å²) in [6, 6.07) is 0.190. The zero-order valence-corrected chi connectivity index (χ0v) is 9.46. The van der Waals surface area contributed by atoms with Gasteiger partial charge in [-0.15, -0.1) is 0 Å². The summed E-state index contributed by atoms with van der Waals surface area (Å²) in [5, 5.41) is 6.98. The van der Waals surface area contributed by atoms with Crippen molar-refractivity contribution >= 4 is 15.9 Å². The molecular weight excluding hydrogens is 214 g/mol. The summed E-state index contributed by atoms with van der Waals surface area (Å²) in [4.78, 5) is 0. The Balaban J connectivity index is 2.02. The van der Waals surface area contributed by atoms with Crippen molar-refractivity contribution in [2.75, 3.05) is 6.54 Å². The van der Waals surface area contributed by atoms with E-state index in [0.29, 0.717) is 13.0 Å². The van der Waals surface area contributed by atoms with Crippen LogP contribution in [0.1, 0.15) is 32.1 Å². The molecule has 2 aliphatic rings. The molecule has 0 aromatic rings. The minimum absolute atomic E-state index is 0.0617. The first-order valence-corrected chi connectivity index (χ1v) is 6.85. The van der Waals surface area contributed by atoms with Gasteiger partial charge < -0.3 is 5.73 Å². The van der Waals surface area contributed by atoms with E-state index in [0.717, 1.165) is 25.7 Å². The van der Waals surface area contributed by atoms with E-state index in [4.69, 9.17) is 11.1 Å². The van der Waals surface area contributed by atoms with Crippen molar-refractivity contribution in [3.05, 3.63) is 0 Å². The molecule has 0 spiro atoms. The molecule has 0 aliphatic heterocycles. The summed E-state index contributed by atoms with van der Waals surface area (Å²) in [7, 11) is -3.08. The Morgan fingerprint density at radius 3 is 2.33 bits per heavy atom. The Hall–Kier alpha value is -0.620. The van der Waals surface area contributed by atoms with Crippen LogP contribution in [0.5, 0.6) is 0 Å². The van der Waals surface area contributed by atoms with Gasteiger partial charge in [-0.2, -0.15) is 4.31 Å². The lowest BCUT2D eigenvalue weighted by Gasteiger charge is -2.21. The van der Waals surface area contributed by atoms with Crippen LogP contribution in [0.4, 0.5) is 0 Å². The van der Waals surface area contributed by atoms with E-state index in [1.807, 2.05) is 0 Å². The van der Waals surface area contributed by atoms with Crippen molar-refractivity contribution < 1.29 is 8.42 Å². The lowest BCUT2D eigenvalue weighted by Crippen LogP contribution is -2.37. The second-order valence-corrected chi connectivity index (χ2v) is 6.53. The lowest BCUT2D eigenvalue weighted by molar-refractivity contribution is 0.411. The van der Waals surface area contributed by atoms with Crippen LogP contribution in [0.15, 0.2) is 0 Å². The fraction of sp³-hybridized carbons (Fsp3) is 0.889. The van der Waals surface area contributed by atoms with Crippen LogP contribution in [0.25, 0.3) is 0 Å². The monoisotopic (exact) mass is 231 g/mol. The number of nitrogens with two attached hydrogens (primary N) is 1. The molecule has 2 fully saturated rings. The highest BCUT2D eigenvalue weighted by Crippen LogP contribution is 2.37. The van der Waals surface area contributed by atoms with Gasteiger partial charge in [-0.3, -0.25) is 5.41 Å². The van der Waals surface area contributed by atoms with Gasteiger partial charge in [0.2, 0.25) is 10.0 Å². The highest BCUT2D eigenvalue weighted by molar-refractivity contribution is 7.90. The number of amidine groups is 1. The molecule has 5 nitrogen and oxygen atoms in total. The molecule has 0 atom stereocenters. The maximum atomic E-state index is 12.0. The number of nitrogens with zero attached hydrogens (tertiary/aromatic N) is 1. The first-order valence-electron chi connectivity index (χ1n) is 5.35. The number of rotatable bonds is 6. The lowest BCUT2D eigenvalue weighted by atomic mass is 10.4. The molecule has 2 rings (SSSR count). The van der Waals surface area contributed by atoms with E-state index >= 15 is 0 Å². The Morgan fingerprint density at radius 1 is 1.33 bits per heavy atom. The van der Waals surface area contributed by atoms with Crippen LogP contribution in [-0.4, -0.2) is 36.4 Å². The van der Waals surface area contributed by atoms with Crippen molar-refractivity contribution in [1.29, 1.82) is 5.41 Å². The maximum absolute atomic E-state index is 12.0. The third-order valence-electron chi connectivity index (χ3n) is 2.83. The summed E-state index contributed by atoms with van der Waals surface area (Å²) in [5.74, 6) is 0.0617. The molecular formula is C9H17N3O2S. The molecule has 0 radical (unpaired) electrons. The van der Waals surface area contributed by atoms with Crippen LogP contribution >= 0.6 is 0 Å². The summed E-state index contributed by atoms with van der Waals surface area (Å²) in [6.45, 7) is 0.388. The molecule has 0 saturated heterocycles. The summed E-state index contributed by atoms with van der Waals surface area (Å²) >= 11 is 0. The largest absolute Gasteiger partial charge is 0.388 e. The SMILES string of the molecule is N=C(N)CCN(C1CC1)S(=O)(=O)C1CC1. The van der Waals surface area contributed by atoms with Gasteiger partial charge in [0, 0.05) is 19.0 Å².